The number of carbonyl (C=O) groups is 1. The van der Waals surface area contributed by atoms with Gasteiger partial charge in [-0.05, 0) is 31.5 Å². The Morgan fingerprint density at radius 3 is 2.38 bits per heavy atom. The molecular formula is C11H23N3OS. The van der Waals surface area contributed by atoms with Crippen molar-refractivity contribution in [1.82, 2.24) is 16.0 Å². The van der Waals surface area contributed by atoms with Gasteiger partial charge in [-0.25, -0.2) is 0 Å². The lowest BCUT2D eigenvalue weighted by Gasteiger charge is -2.17. The molecule has 4 nitrogen and oxygen atoms in total. The summed E-state index contributed by atoms with van der Waals surface area (Å²) in [5.74, 6) is 0.513. The molecule has 0 rings (SSSR count). The normalized spacial score (nSPS) is 12.1. The molecule has 0 saturated heterocycles. The molecule has 0 aromatic heterocycles. The fourth-order valence-electron chi connectivity index (χ4n) is 1.01. The van der Waals surface area contributed by atoms with Gasteiger partial charge in [-0.2, -0.15) is 0 Å². The fraction of sp³-hybridized carbons (Fsp3) is 0.818. The van der Waals surface area contributed by atoms with Crippen molar-refractivity contribution in [3.8, 4) is 0 Å². The second-order valence-corrected chi connectivity index (χ2v) is 4.67. The minimum absolute atomic E-state index is 0.0180. The predicted octanol–water partition coefficient (Wildman–Crippen LogP) is 1.02. The van der Waals surface area contributed by atoms with Gasteiger partial charge in [0.2, 0.25) is 5.91 Å². The molecule has 0 bridgehead atoms. The number of carbonyl (C=O) groups excluding carboxylic acids is 1. The van der Waals surface area contributed by atoms with Crippen LogP contribution in [0, 0.1) is 5.92 Å². The average Bonchev–Trinajstić information content (AvgIpc) is 2.22. The molecule has 0 fully saturated rings. The Balaban J connectivity index is 3.80. The van der Waals surface area contributed by atoms with Crippen molar-refractivity contribution in [3.63, 3.8) is 0 Å². The second kappa shape index (κ2) is 8.33. The largest absolute Gasteiger partial charge is 0.362 e. The van der Waals surface area contributed by atoms with Crippen LogP contribution in [0.4, 0.5) is 0 Å². The van der Waals surface area contributed by atoms with Crippen molar-refractivity contribution in [2.24, 2.45) is 5.92 Å². The summed E-state index contributed by atoms with van der Waals surface area (Å²) in [6, 6.07) is -0.293. The first-order valence-corrected chi connectivity index (χ1v) is 6.20. The van der Waals surface area contributed by atoms with Crippen molar-refractivity contribution < 1.29 is 4.79 Å². The molecule has 0 spiro atoms. The van der Waals surface area contributed by atoms with E-state index >= 15 is 0 Å². The Morgan fingerprint density at radius 2 is 1.88 bits per heavy atom. The van der Waals surface area contributed by atoms with E-state index in [-0.39, 0.29) is 11.9 Å². The molecule has 1 amide bonds. The highest BCUT2D eigenvalue weighted by molar-refractivity contribution is 7.80. The van der Waals surface area contributed by atoms with Crippen LogP contribution in [0.15, 0.2) is 0 Å². The van der Waals surface area contributed by atoms with E-state index in [1.807, 2.05) is 6.92 Å². The van der Waals surface area contributed by atoms with Crippen LogP contribution in [0.2, 0.25) is 0 Å². The molecule has 0 heterocycles. The first-order valence-electron chi connectivity index (χ1n) is 5.79. The summed E-state index contributed by atoms with van der Waals surface area (Å²) in [7, 11) is 0. The summed E-state index contributed by atoms with van der Waals surface area (Å²) in [5.41, 5.74) is 0. The van der Waals surface area contributed by atoms with E-state index in [1.165, 1.54) is 0 Å². The van der Waals surface area contributed by atoms with Gasteiger partial charge in [0.05, 0.1) is 0 Å². The number of thiocarbonyl (C=S) groups is 1. The number of nitrogens with one attached hydrogen (secondary N) is 3. The number of amides is 1. The Bertz CT molecular complexity index is 231. The van der Waals surface area contributed by atoms with Crippen molar-refractivity contribution in [2.45, 2.75) is 40.2 Å². The Labute approximate surface area is 104 Å². The van der Waals surface area contributed by atoms with Crippen LogP contribution in [-0.2, 0) is 4.79 Å². The number of rotatable bonds is 6. The van der Waals surface area contributed by atoms with E-state index in [9.17, 15) is 4.79 Å². The van der Waals surface area contributed by atoms with Crippen LogP contribution >= 0.6 is 12.2 Å². The third-order valence-electron chi connectivity index (χ3n) is 1.96. The zero-order valence-electron chi connectivity index (χ0n) is 10.6. The lowest BCUT2D eigenvalue weighted by atomic mass is 10.2. The van der Waals surface area contributed by atoms with Gasteiger partial charge in [-0.3, -0.25) is 4.79 Å². The summed E-state index contributed by atoms with van der Waals surface area (Å²) < 4.78 is 0. The van der Waals surface area contributed by atoms with Gasteiger partial charge in [0.15, 0.2) is 5.11 Å². The summed E-state index contributed by atoms with van der Waals surface area (Å²) in [6.07, 6.45) is 0.939. The monoisotopic (exact) mass is 245 g/mol. The van der Waals surface area contributed by atoms with Gasteiger partial charge in [0.1, 0.15) is 6.04 Å². The Hall–Kier alpha value is -0.840. The lowest BCUT2D eigenvalue weighted by molar-refractivity contribution is -0.122. The molecule has 0 radical (unpaired) electrons. The van der Waals surface area contributed by atoms with E-state index in [1.54, 1.807) is 6.92 Å². The highest BCUT2D eigenvalue weighted by Gasteiger charge is 2.12. The molecular weight excluding hydrogens is 222 g/mol. The molecule has 0 aromatic rings. The molecule has 0 aliphatic carbocycles. The van der Waals surface area contributed by atoms with Gasteiger partial charge in [0, 0.05) is 13.1 Å². The maximum absolute atomic E-state index is 11.5. The molecule has 1 unspecified atom stereocenters. The molecule has 0 aromatic carbocycles. The fourth-order valence-corrected chi connectivity index (χ4v) is 1.27. The smallest absolute Gasteiger partial charge is 0.242 e. The molecule has 94 valence electrons. The van der Waals surface area contributed by atoms with Crippen molar-refractivity contribution >= 4 is 23.2 Å². The van der Waals surface area contributed by atoms with Crippen LogP contribution in [0.1, 0.15) is 34.1 Å². The average molecular weight is 245 g/mol. The van der Waals surface area contributed by atoms with Crippen molar-refractivity contribution in [1.29, 1.82) is 0 Å². The molecule has 5 heteroatoms. The van der Waals surface area contributed by atoms with E-state index in [2.05, 4.69) is 29.8 Å². The molecule has 16 heavy (non-hydrogen) atoms. The van der Waals surface area contributed by atoms with Gasteiger partial charge < -0.3 is 16.0 Å². The second-order valence-electron chi connectivity index (χ2n) is 4.26. The third-order valence-corrected chi connectivity index (χ3v) is 2.22. The van der Waals surface area contributed by atoms with Crippen LogP contribution < -0.4 is 16.0 Å². The minimum atomic E-state index is -0.293. The van der Waals surface area contributed by atoms with Gasteiger partial charge in [0.25, 0.3) is 0 Å². The van der Waals surface area contributed by atoms with Crippen molar-refractivity contribution in [3.05, 3.63) is 0 Å². The summed E-state index contributed by atoms with van der Waals surface area (Å²) >= 11 is 5.08. The predicted molar refractivity (Wildman–Crippen MR) is 71.3 cm³/mol. The lowest BCUT2D eigenvalue weighted by Crippen LogP contribution is -2.48. The molecule has 1 atom stereocenters. The number of hydrogen-bond acceptors (Lipinski definition) is 2. The van der Waals surface area contributed by atoms with Gasteiger partial charge in [-0.1, -0.05) is 20.8 Å². The summed E-state index contributed by atoms with van der Waals surface area (Å²) in [4.78, 5) is 11.5. The zero-order valence-corrected chi connectivity index (χ0v) is 11.4. The Morgan fingerprint density at radius 1 is 1.25 bits per heavy atom. The quantitative estimate of drug-likeness (QED) is 0.612. The van der Waals surface area contributed by atoms with Crippen molar-refractivity contribution in [2.75, 3.05) is 13.1 Å². The molecule has 3 N–H and O–H groups in total. The zero-order chi connectivity index (χ0) is 12.6. The highest BCUT2D eigenvalue weighted by Crippen LogP contribution is 1.88. The van der Waals surface area contributed by atoms with E-state index in [0.717, 1.165) is 13.0 Å². The van der Waals surface area contributed by atoms with Gasteiger partial charge in [-0.15, -0.1) is 0 Å². The summed E-state index contributed by atoms with van der Waals surface area (Å²) in [6.45, 7) is 9.55. The van der Waals surface area contributed by atoms with Crippen LogP contribution in [0.3, 0.4) is 0 Å². The maximum Gasteiger partial charge on any atom is 0.242 e. The maximum atomic E-state index is 11.5. The molecule has 0 aliphatic rings. The first kappa shape index (κ1) is 15.2. The molecule has 0 aliphatic heterocycles. The minimum Gasteiger partial charge on any atom is -0.362 e. The highest BCUT2D eigenvalue weighted by atomic mass is 32.1. The van der Waals surface area contributed by atoms with Crippen LogP contribution in [0.25, 0.3) is 0 Å². The number of hydrogen-bond donors (Lipinski definition) is 3. The van der Waals surface area contributed by atoms with Crippen LogP contribution in [-0.4, -0.2) is 30.2 Å². The van der Waals surface area contributed by atoms with E-state index < -0.39 is 0 Å². The SMILES string of the molecule is CCCNC(=O)C(C)NC(=S)NCC(C)C. The Kier molecular flexibility index (Phi) is 7.89. The molecule has 0 saturated carbocycles. The third kappa shape index (κ3) is 7.45. The first-order chi connectivity index (χ1) is 7.47. The summed E-state index contributed by atoms with van der Waals surface area (Å²) in [5, 5.41) is 9.37. The topological polar surface area (TPSA) is 53.2 Å². The van der Waals surface area contributed by atoms with Crippen LogP contribution in [0.5, 0.6) is 0 Å². The standard InChI is InChI=1S/C11H23N3OS/c1-5-6-12-10(15)9(4)14-11(16)13-7-8(2)3/h8-9H,5-7H2,1-4H3,(H,12,15)(H2,13,14,16). The van der Waals surface area contributed by atoms with E-state index in [0.29, 0.717) is 17.6 Å². The van der Waals surface area contributed by atoms with E-state index in [4.69, 9.17) is 12.2 Å². The van der Waals surface area contributed by atoms with Gasteiger partial charge >= 0.3 is 0 Å².